The van der Waals surface area contributed by atoms with Crippen LogP contribution in [0.3, 0.4) is 0 Å². The van der Waals surface area contributed by atoms with E-state index in [0.29, 0.717) is 22.1 Å². The van der Waals surface area contributed by atoms with Gasteiger partial charge in [0.05, 0.1) is 28.5 Å². The number of sulfonamides is 1. The van der Waals surface area contributed by atoms with Crippen LogP contribution in [0.1, 0.15) is 5.69 Å². The fraction of sp³-hybridized carbons (Fsp3) is 0.154. The van der Waals surface area contributed by atoms with E-state index in [1.807, 2.05) is 18.2 Å². The second-order valence-electron chi connectivity index (χ2n) is 8.49. The molecule has 0 unspecified atom stereocenters. The summed E-state index contributed by atoms with van der Waals surface area (Å²) in [4.78, 5) is 26.6. The molecular weight excluding hydrogens is 516 g/mol. The Bertz CT molecular complexity index is 1650. The largest absolute Gasteiger partial charge is 0.476 e. The first-order chi connectivity index (χ1) is 17.7. The normalized spacial score (nSPS) is 15.1. The zero-order valence-corrected chi connectivity index (χ0v) is 21.5. The number of rotatable bonds is 5. The average molecular weight is 539 g/mol. The molecule has 1 aliphatic heterocycles. The van der Waals surface area contributed by atoms with Crippen LogP contribution < -0.4 is 19.9 Å². The Morgan fingerprint density at radius 2 is 1.65 bits per heavy atom. The Hall–Kier alpha value is -4.02. The zero-order valence-electron chi connectivity index (χ0n) is 20.0. The molecule has 37 heavy (non-hydrogen) atoms. The molecule has 11 heteroatoms. The molecule has 1 aliphatic rings. The molecule has 4 aromatic rings. The summed E-state index contributed by atoms with van der Waals surface area (Å²) in [5, 5.41) is 3.07. The van der Waals surface area contributed by atoms with Crippen LogP contribution in [0.4, 0.5) is 11.4 Å². The van der Waals surface area contributed by atoms with Crippen LogP contribution in [0.2, 0.25) is 5.02 Å². The van der Waals surface area contributed by atoms with Crippen molar-refractivity contribution in [3.05, 3.63) is 99.9 Å². The molecule has 0 saturated heterocycles. The van der Waals surface area contributed by atoms with Crippen molar-refractivity contribution in [3.63, 3.8) is 0 Å². The SMILES string of the molecule is Cc1c(NC(=O)[C@@H]2CN(S(=O)(=O)c3ccc(Cl)cc3)c3ccccc3O2)c(=O)n(-c2ccccc2)n1C. The predicted molar refractivity (Wildman–Crippen MR) is 141 cm³/mol. The van der Waals surface area contributed by atoms with Crippen LogP contribution in [0.5, 0.6) is 5.75 Å². The minimum Gasteiger partial charge on any atom is -0.476 e. The molecule has 1 aromatic heterocycles. The second kappa shape index (κ2) is 9.45. The summed E-state index contributed by atoms with van der Waals surface area (Å²) in [7, 11) is -2.33. The second-order valence-corrected chi connectivity index (χ2v) is 10.8. The highest BCUT2D eigenvalue weighted by Crippen LogP contribution is 2.37. The molecule has 1 atom stereocenters. The van der Waals surface area contributed by atoms with Crippen molar-refractivity contribution in [1.82, 2.24) is 9.36 Å². The summed E-state index contributed by atoms with van der Waals surface area (Å²) in [5.41, 5.74) is 1.15. The molecule has 0 spiro atoms. The number of nitrogens with zero attached hydrogens (tertiary/aromatic N) is 3. The lowest BCUT2D eigenvalue weighted by Gasteiger charge is -2.34. The van der Waals surface area contributed by atoms with Gasteiger partial charge >= 0.3 is 0 Å². The molecule has 0 bridgehead atoms. The average Bonchev–Trinajstić information content (AvgIpc) is 3.11. The van der Waals surface area contributed by atoms with Crippen molar-refractivity contribution in [2.75, 3.05) is 16.2 Å². The predicted octanol–water partition coefficient (Wildman–Crippen LogP) is 3.73. The number of nitrogens with one attached hydrogen (secondary N) is 1. The molecule has 1 amide bonds. The maximum absolute atomic E-state index is 13.5. The van der Waals surface area contributed by atoms with Crippen LogP contribution in [0.15, 0.2) is 88.6 Å². The third-order valence-electron chi connectivity index (χ3n) is 6.23. The van der Waals surface area contributed by atoms with Crippen LogP contribution in [0, 0.1) is 6.92 Å². The smallest absolute Gasteiger partial charge is 0.295 e. The topological polar surface area (TPSA) is 103 Å². The number of para-hydroxylation sites is 3. The molecular formula is C26H23ClN4O5S. The molecule has 0 radical (unpaired) electrons. The van der Waals surface area contributed by atoms with Gasteiger partial charge in [-0.25, -0.2) is 13.1 Å². The van der Waals surface area contributed by atoms with E-state index in [0.717, 1.165) is 4.31 Å². The van der Waals surface area contributed by atoms with Crippen molar-refractivity contribution < 1.29 is 17.9 Å². The number of aromatic nitrogens is 2. The van der Waals surface area contributed by atoms with Crippen molar-refractivity contribution >= 4 is 38.9 Å². The van der Waals surface area contributed by atoms with E-state index in [-0.39, 0.29) is 22.9 Å². The Labute approximate surface area is 218 Å². The van der Waals surface area contributed by atoms with Gasteiger partial charge in [-0.1, -0.05) is 41.9 Å². The molecule has 190 valence electrons. The third kappa shape index (κ3) is 4.38. The lowest BCUT2D eigenvalue weighted by atomic mass is 10.2. The van der Waals surface area contributed by atoms with Crippen molar-refractivity contribution in [3.8, 4) is 11.4 Å². The minimum atomic E-state index is -4.04. The molecule has 2 heterocycles. The fourth-order valence-corrected chi connectivity index (χ4v) is 5.82. The quantitative estimate of drug-likeness (QED) is 0.417. The van der Waals surface area contributed by atoms with Crippen LogP contribution in [0.25, 0.3) is 5.69 Å². The van der Waals surface area contributed by atoms with Crippen LogP contribution in [-0.4, -0.2) is 36.3 Å². The first-order valence-corrected chi connectivity index (χ1v) is 13.2. The lowest BCUT2D eigenvalue weighted by molar-refractivity contribution is -0.122. The summed E-state index contributed by atoms with van der Waals surface area (Å²) in [5.74, 6) is -0.408. The standard InChI is InChI=1S/C26H23ClN4O5S/c1-17-24(26(33)31(29(17)2)19-8-4-3-5-9-19)28-25(32)23-16-30(21-10-6-7-11-22(21)36-23)37(34,35)20-14-12-18(27)13-15-20/h3-15,23H,16H2,1-2H3,(H,28,32)/t23-/m0/s1. The number of hydrogen-bond donors (Lipinski definition) is 1. The Balaban J connectivity index is 1.48. The number of halogens is 1. The van der Waals surface area contributed by atoms with E-state index in [1.54, 1.807) is 55.1 Å². The van der Waals surface area contributed by atoms with E-state index >= 15 is 0 Å². The van der Waals surface area contributed by atoms with Gasteiger partial charge in [0.15, 0.2) is 6.10 Å². The molecule has 0 fully saturated rings. The van der Waals surface area contributed by atoms with E-state index in [1.165, 1.54) is 28.9 Å². The molecule has 1 N–H and O–H groups in total. The highest BCUT2D eigenvalue weighted by Gasteiger charge is 2.38. The van der Waals surface area contributed by atoms with Gasteiger partial charge in [0.1, 0.15) is 11.4 Å². The Morgan fingerprint density at radius 3 is 2.35 bits per heavy atom. The molecule has 5 rings (SSSR count). The van der Waals surface area contributed by atoms with Gasteiger partial charge in [0.25, 0.3) is 21.5 Å². The number of hydrogen-bond acceptors (Lipinski definition) is 5. The number of benzene rings is 3. The number of ether oxygens (including phenoxy) is 1. The van der Waals surface area contributed by atoms with E-state index < -0.39 is 27.6 Å². The van der Waals surface area contributed by atoms with E-state index in [9.17, 15) is 18.0 Å². The van der Waals surface area contributed by atoms with Crippen LogP contribution in [-0.2, 0) is 21.9 Å². The molecule has 0 aliphatic carbocycles. The summed E-state index contributed by atoms with van der Waals surface area (Å²) in [6.45, 7) is 1.43. The van der Waals surface area contributed by atoms with Crippen LogP contribution >= 0.6 is 11.6 Å². The highest BCUT2D eigenvalue weighted by atomic mass is 35.5. The van der Waals surface area contributed by atoms with Gasteiger partial charge in [-0.15, -0.1) is 0 Å². The number of anilines is 2. The summed E-state index contributed by atoms with van der Waals surface area (Å²) in [6.07, 6.45) is -1.21. The van der Waals surface area contributed by atoms with Gasteiger partial charge < -0.3 is 10.1 Å². The minimum absolute atomic E-state index is 0.0254. The zero-order chi connectivity index (χ0) is 26.3. The number of amides is 1. The first-order valence-electron chi connectivity index (χ1n) is 11.4. The van der Waals surface area contributed by atoms with Gasteiger partial charge in [0.2, 0.25) is 0 Å². The number of fused-ring (bicyclic) bond motifs is 1. The fourth-order valence-electron chi connectivity index (χ4n) is 4.22. The van der Waals surface area contributed by atoms with Gasteiger partial charge in [-0.05, 0) is 55.5 Å². The third-order valence-corrected chi connectivity index (χ3v) is 8.28. The van der Waals surface area contributed by atoms with Crippen molar-refractivity contribution in [2.24, 2.45) is 7.05 Å². The lowest BCUT2D eigenvalue weighted by Crippen LogP contribution is -2.49. The van der Waals surface area contributed by atoms with E-state index in [4.69, 9.17) is 16.3 Å². The molecule has 0 saturated carbocycles. The van der Waals surface area contributed by atoms with Crippen molar-refractivity contribution in [2.45, 2.75) is 17.9 Å². The van der Waals surface area contributed by atoms with Gasteiger partial charge in [0, 0.05) is 12.1 Å². The number of carbonyl (C=O) groups excluding carboxylic acids is 1. The maximum atomic E-state index is 13.5. The monoisotopic (exact) mass is 538 g/mol. The van der Waals surface area contributed by atoms with Crippen molar-refractivity contribution in [1.29, 1.82) is 0 Å². The van der Waals surface area contributed by atoms with E-state index in [2.05, 4.69) is 5.32 Å². The Morgan fingerprint density at radius 1 is 1.00 bits per heavy atom. The highest BCUT2D eigenvalue weighted by molar-refractivity contribution is 7.92. The number of carbonyl (C=O) groups is 1. The van der Waals surface area contributed by atoms with Gasteiger partial charge in [-0.3, -0.25) is 18.6 Å². The Kier molecular flexibility index (Phi) is 6.30. The van der Waals surface area contributed by atoms with Gasteiger partial charge in [-0.2, -0.15) is 0 Å². The summed E-state index contributed by atoms with van der Waals surface area (Å²) >= 11 is 5.94. The summed E-state index contributed by atoms with van der Waals surface area (Å²) < 4.78 is 37.2. The molecule has 3 aromatic carbocycles. The molecule has 9 nitrogen and oxygen atoms in total. The first kappa shape index (κ1) is 24.7. The summed E-state index contributed by atoms with van der Waals surface area (Å²) in [6, 6.07) is 21.4. The maximum Gasteiger partial charge on any atom is 0.295 e.